The number of rotatable bonds is 14. The fraction of sp³-hybridized carbons (Fsp3) is 0.500. The zero-order valence-electron chi connectivity index (χ0n) is 17.7. The van der Waals surface area contributed by atoms with Crippen LogP contribution in [0.4, 0.5) is 0 Å². The Balaban J connectivity index is 1.60. The molecule has 0 N–H and O–H groups in total. The van der Waals surface area contributed by atoms with Crippen LogP contribution < -0.4 is 4.74 Å². The van der Waals surface area contributed by atoms with Gasteiger partial charge in [0.2, 0.25) is 0 Å². The number of Topliss-reactive ketones (excluding diaryl/α,β-unsaturated/α-hetero) is 1. The monoisotopic (exact) mass is 380 g/mol. The minimum atomic E-state index is 0.247. The van der Waals surface area contributed by atoms with Crippen LogP contribution in [0.3, 0.4) is 0 Å². The second kappa shape index (κ2) is 13.1. The first-order valence-corrected chi connectivity index (χ1v) is 11.0. The van der Waals surface area contributed by atoms with Gasteiger partial charge in [0.25, 0.3) is 0 Å². The van der Waals surface area contributed by atoms with Crippen LogP contribution in [0.2, 0.25) is 0 Å². The normalized spacial score (nSPS) is 10.8. The molecule has 28 heavy (non-hydrogen) atoms. The summed E-state index contributed by atoms with van der Waals surface area (Å²) in [5.74, 6) is 1.15. The molecule has 2 aromatic rings. The Kier molecular flexibility index (Phi) is 10.4. The summed E-state index contributed by atoms with van der Waals surface area (Å²) >= 11 is 0. The average Bonchev–Trinajstić information content (AvgIpc) is 2.70. The van der Waals surface area contributed by atoms with Gasteiger partial charge < -0.3 is 4.74 Å². The summed E-state index contributed by atoms with van der Waals surface area (Å²) in [5, 5.41) is 0. The second-order valence-electron chi connectivity index (χ2n) is 7.85. The molecule has 152 valence electrons. The Bertz CT molecular complexity index is 671. The Morgan fingerprint density at radius 3 is 1.79 bits per heavy atom. The van der Waals surface area contributed by atoms with Crippen molar-refractivity contribution in [3.63, 3.8) is 0 Å². The zero-order valence-corrected chi connectivity index (χ0v) is 17.7. The molecule has 0 amide bonds. The number of aryl methyl sites for hydroxylation is 1. The first-order chi connectivity index (χ1) is 13.7. The lowest BCUT2D eigenvalue weighted by molar-refractivity contribution is -0.117. The van der Waals surface area contributed by atoms with Crippen molar-refractivity contribution in [2.45, 2.75) is 78.1 Å². The zero-order chi connectivity index (χ0) is 20.0. The minimum Gasteiger partial charge on any atom is -0.494 e. The SMILES string of the molecule is CCCCCCCCCCOc1ccc(CC(=O)Cc2ccc(C)cc2)cc1. The molecule has 0 unspecified atom stereocenters. The van der Waals surface area contributed by atoms with Gasteiger partial charge in [-0.05, 0) is 36.6 Å². The van der Waals surface area contributed by atoms with E-state index < -0.39 is 0 Å². The average molecular weight is 381 g/mol. The topological polar surface area (TPSA) is 26.3 Å². The van der Waals surface area contributed by atoms with E-state index in [1.54, 1.807) is 0 Å². The summed E-state index contributed by atoms with van der Waals surface area (Å²) in [7, 11) is 0. The molecule has 0 atom stereocenters. The van der Waals surface area contributed by atoms with Gasteiger partial charge in [-0.25, -0.2) is 0 Å². The Hall–Kier alpha value is -2.09. The fourth-order valence-electron chi connectivity index (χ4n) is 3.35. The standard InChI is InChI=1S/C26H36O2/c1-3-4-5-6-7-8-9-10-19-28-26-17-15-24(16-18-26)21-25(27)20-23-13-11-22(2)12-14-23/h11-18H,3-10,19-21H2,1-2H3. The van der Waals surface area contributed by atoms with Crippen LogP contribution in [-0.2, 0) is 17.6 Å². The summed E-state index contributed by atoms with van der Waals surface area (Å²) in [6, 6.07) is 16.2. The lowest BCUT2D eigenvalue weighted by Gasteiger charge is -2.08. The van der Waals surface area contributed by atoms with Crippen molar-refractivity contribution < 1.29 is 9.53 Å². The number of unbranched alkanes of at least 4 members (excludes halogenated alkanes) is 7. The van der Waals surface area contributed by atoms with E-state index in [4.69, 9.17) is 4.74 Å². The molecule has 2 heteroatoms. The van der Waals surface area contributed by atoms with Gasteiger partial charge >= 0.3 is 0 Å². The third kappa shape index (κ3) is 9.21. The van der Waals surface area contributed by atoms with Gasteiger partial charge in [0, 0.05) is 12.8 Å². The lowest BCUT2D eigenvalue weighted by atomic mass is 10.0. The number of ether oxygens (including phenoxy) is 1. The Labute approximate surface area is 171 Å². The van der Waals surface area contributed by atoms with Crippen molar-refractivity contribution in [2.24, 2.45) is 0 Å². The summed E-state index contributed by atoms with van der Waals surface area (Å²) in [6.45, 7) is 5.09. The summed E-state index contributed by atoms with van der Waals surface area (Å²) in [4.78, 5) is 12.3. The second-order valence-corrected chi connectivity index (χ2v) is 7.85. The van der Waals surface area contributed by atoms with Crippen LogP contribution in [0.15, 0.2) is 48.5 Å². The predicted octanol–water partition coefficient (Wildman–Crippen LogP) is 6.87. The number of carbonyl (C=O) groups excluding carboxylic acids is 1. The van der Waals surface area contributed by atoms with Gasteiger partial charge in [0.1, 0.15) is 11.5 Å². The number of ketones is 1. The van der Waals surface area contributed by atoms with Gasteiger partial charge in [-0.1, -0.05) is 93.8 Å². The van der Waals surface area contributed by atoms with Crippen LogP contribution >= 0.6 is 0 Å². The van der Waals surface area contributed by atoms with Crippen LogP contribution in [-0.4, -0.2) is 12.4 Å². The van der Waals surface area contributed by atoms with E-state index in [0.29, 0.717) is 12.8 Å². The Morgan fingerprint density at radius 2 is 1.21 bits per heavy atom. The molecule has 0 aliphatic rings. The number of hydrogen-bond acceptors (Lipinski definition) is 2. The molecular formula is C26H36O2. The lowest BCUT2D eigenvalue weighted by Crippen LogP contribution is -2.06. The van der Waals surface area contributed by atoms with E-state index in [0.717, 1.165) is 29.9 Å². The molecule has 0 saturated carbocycles. The molecule has 0 aromatic heterocycles. The van der Waals surface area contributed by atoms with Gasteiger partial charge in [-0.2, -0.15) is 0 Å². The molecule has 0 radical (unpaired) electrons. The van der Waals surface area contributed by atoms with Crippen molar-refractivity contribution in [3.8, 4) is 5.75 Å². The largest absolute Gasteiger partial charge is 0.494 e. The summed E-state index contributed by atoms with van der Waals surface area (Å²) in [6.07, 6.45) is 11.4. The van der Waals surface area contributed by atoms with E-state index in [9.17, 15) is 4.79 Å². The van der Waals surface area contributed by atoms with E-state index in [-0.39, 0.29) is 5.78 Å². The first kappa shape index (κ1) is 22.2. The molecule has 0 heterocycles. The Morgan fingerprint density at radius 1 is 0.714 bits per heavy atom. The van der Waals surface area contributed by atoms with E-state index >= 15 is 0 Å². The maximum absolute atomic E-state index is 12.3. The molecule has 2 rings (SSSR count). The highest BCUT2D eigenvalue weighted by Crippen LogP contribution is 2.15. The van der Waals surface area contributed by atoms with Gasteiger partial charge in [0.05, 0.1) is 6.61 Å². The van der Waals surface area contributed by atoms with E-state index in [2.05, 4.69) is 26.0 Å². The summed E-state index contributed by atoms with van der Waals surface area (Å²) in [5.41, 5.74) is 3.36. The third-order valence-corrected chi connectivity index (χ3v) is 5.11. The molecule has 0 bridgehead atoms. The molecule has 0 saturated heterocycles. The van der Waals surface area contributed by atoms with Crippen molar-refractivity contribution in [1.82, 2.24) is 0 Å². The minimum absolute atomic E-state index is 0.247. The van der Waals surface area contributed by atoms with E-state index in [1.165, 1.54) is 50.5 Å². The smallest absolute Gasteiger partial charge is 0.141 e. The first-order valence-electron chi connectivity index (χ1n) is 11.0. The molecule has 0 fully saturated rings. The van der Waals surface area contributed by atoms with Gasteiger partial charge in [0.15, 0.2) is 0 Å². The van der Waals surface area contributed by atoms with Crippen molar-refractivity contribution in [3.05, 3.63) is 65.2 Å². The predicted molar refractivity (Wildman–Crippen MR) is 118 cm³/mol. The highest BCUT2D eigenvalue weighted by molar-refractivity contribution is 5.83. The number of benzene rings is 2. The van der Waals surface area contributed by atoms with Crippen LogP contribution in [0.25, 0.3) is 0 Å². The molecule has 2 aromatic carbocycles. The fourth-order valence-corrected chi connectivity index (χ4v) is 3.35. The van der Waals surface area contributed by atoms with Crippen LogP contribution in [0, 0.1) is 6.92 Å². The molecular weight excluding hydrogens is 344 g/mol. The molecule has 2 nitrogen and oxygen atoms in total. The molecule has 0 aliphatic heterocycles. The van der Waals surface area contributed by atoms with E-state index in [1.807, 2.05) is 36.4 Å². The molecule has 0 spiro atoms. The highest BCUT2D eigenvalue weighted by atomic mass is 16.5. The van der Waals surface area contributed by atoms with Crippen molar-refractivity contribution in [1.29, 1.82) is 0 Å². The number of hydrogen-bond donors (Lipinski definition) is 0. The number of carbonyl (C=O) groups is 1. The highest BCUT2D eigenvalue weighted by Gasteiger charge is 2.06. The molecule has 0 aliphatic carbocycles. The van der Waals surface area contributed by atoms with Crippen molar-refractivity contribution >= 4 is 5.78 Å². The van der Waals surface area contributed by atoms with Crippen molar-refractivity contribution in [2.75, 3.05) is 6.61 Å². The van der Waals surface area contributed by atoms with Crippen LogP contribution in [0.5, 0.6) is 5.75 Å². The maximum Gasteiger partial charge on any atom is 0.141 e. The maximum atomic E-state index is 12.3. The quantitative estimate of drug-likeness (QED) is 0.334. The van der Waals surface area contributed by atoms with Gasteiger partial charge in [-0.15, -0.1) is 0 Å². The third-order valence-electron chi connectivity index (χ3n) is 5.11. The summed E-state index contributed by atoms with van der Waals surface area (Å²) < 4.78 is 5.83. The van der Waals surface area contributed by atoms with Gasteiger partial charge in [-0.3, -0.25) is 4.79 Å². The van der Waals surface area contributed by atoms with Crippen LogP contribution in [0.1, 0.15) is 75.0 Å².